The molecule has 0 bridgehead atoms. The topological polar surface area (TPSA) is 78.3 Å². The van der Waals surface area contributed by atoms with Crippen LogP contribution in [0.15, 0.2) is 29.1 Å². The third-order valence-corrected chi connectivity index (χ3v) is 5.82. The number of likely N-dealkylation sites (tertiary alicyclic amines) is 1. The van der Waals surface area contributed by atoms with Crippen molar-refractivity contribution in [2.45, 2.75) is 56.6 Å². The maximum atomic E-state index is 12.5. The van der Waals surface area contributed by atoms with E-state index in [9.17, 15) is 14.7 Å². The largest absolute Gasteiger partial charge is 0.389 e. The van der Waals surface area contributed by atoms with E-state index in [0.29, 0.717) is 13.1 Å². The van der Waals surface area contributed by atoms with Crippen LogP contribution in [0.2, 0.25) is 0 Å². The fourth-order valence-corrected chi connectivity index (χ4v) is 4.41. The van der Waals surface area contributed by atoms with E-state index in [4.69, 9.17) is 0 Å². The van der Waals surface area contributed by atoms with Gasteiger partial charge in [-0.3, -0.25) is 9.36 Å². The van der Waals surface area contributed by atoms with Crippen LogP contribution < -0.4 is 5.69 Å². The summed E-state index contributed by atoms with van der Waals surface area (Å²) in [7, 11) is 0. The molecule has 1 amide bonds. The Kier molecular flexibility index (Phi) is 4.15. The molecule has 2 aliphatic rings. The van der Waals surface area contributed by atoms with Gasteiger partial charge in [-0.2, -0.15) is 0 Å². The Bertz CT molecular complexity index is 824. The number of H-pyrrole nitrogens is 1. The SMILES string of the molecule is O=C(CC1(O)CCCC1)N1CCC(n2c(=O)[nH]c3ccccc32)CC1. The number of hydrogen-bond acceptors (Lipinski definition) is 3. The number of aromatic amines is 1. The summed E-state index contributed by atoms with van der Waals surface area (Å²) >= 11 is 0. The molecule has 1 aliphatic heterocycles. The molecule has 1 saturated carbocycles. The van der Waals surface area contributed by atoms with Crippen molar-refractivity contribution in [3.8, 4) is 0 Å². The second kappa shape index (κ2) is 6.33. The van der Waals surface area contributed by atoms with E-state index in [1.165, 1.54) is 0 Å². The number of benzene rings is 1. The van der Waals surface area contributed by atoms with Crippen molar-refractivity contribution in [3.63, 3.8) is 0 Å². The van der Waals surface area contributed by atoms with Gasteiger partial charge in [0.05, 0.1) is 23.1 Å². The third-order valence-electron chi connectivity index (χ3n) is 5.82. The quantitative estimate of drug-likeness (QED) is 0.897. The van der Waals surface area contributed by atoms with Crippen LogP contribution in [0.5, 0.6) is 0 Å². The number of amides is 1. The van der Waals surface area contributed by atoms with E-state index in [0.717, 1.165) is 49.6 Å². The van der Waals surface area contributed by atoms with Gasteiger partial charge in [0, 0.05) is 19.1 Å². The highest BCUT2D eigenvalue weighted by atomic mass is 16.3. The summed E-state index contributed by atoms with van der Waals surface area (Å²) in [6.45, 7) is 1.29. The first-order valence-corrected chi connectivity index (χ1v) is 9.25. The predicted molar refractivity (Wildman–Crippen MR) is 95.4 cm³/mol. The molecule has 1 saturated heterocycles. The Labute approximate surface area is 146 Å². The maximum absolute atomic E-state index is 12.5. The molecule has 1 aromatic heterocycles. The van der Waals surface area contributed by atoms with Gasteiger partial charge in [-0.15, -0.1) is 0 Å². The van der Waals surface area contributed by atoms with Crippen molar-refractivity contribution < 1.29 is 9.90 Å². The van der Waals surface area contributed by atoms with Gasteiger partial charge in [-0.05, 0) is 37.8 Å². The average molecular weight is 343 g/mol. The van der Waals surface area contributed by atoms with Crippen LogP contribution in [0.1, 0.15) is 51.0 Å². The third kappa shape index (κ3) is 3.11. The summed E-state index contributed by atoms with van der Waals surface area (Å²) in [5.41, 5.74) is 0.917. The Morgan fingerprint density at radius 2 is 1.88 bits per heavy atom. The number of para-hydroxylation sites is 2. The predicted octanol–water partition coefficient (Wildman–Crippen LogP) is 2.19. The van der Waals surface area contributed by atoms with E-state index >= 15 is 0 Å². The lowest BCUT2D eigenvalue weighted by Crippen LogP contribution is -2.43. The second-order valence-electron chi connectivity index (χ2n) is 7.54. The zero-order valence-electron chi connectivity index (χ0n) is 14.4. The number of carbonyl (C=O) groups is 1. The normalized spacial score (nSPS) is 21.1. The maximum Gasteiger partial charge on any atom is 0.326 e. The van der Waals surface area contributed by atoms with E-state index in [1.54, 1.807) is 0 Å². The molecule has 134 valence electrons. The summed E-state index contributed by atoms with van der Waals surface area (Å²) < 4.78 is 1.83. The summed E-state index contributed by atoms with van der Waals surface area (Å²) in [5, 5.41) is 10.5. The molecule has 1 aromatic carbocycles. The number of fused-ring (bicyclic) bond motifs is 1. The molecule has 0 radical (unpaired) electrons. The fourth-order valence-electron chi connectivity index (χ4n) is 4.41. The molecule has 2 N–H and O–H groups in total. The van der Waals surface area contributed by atoms with Gasteiger partial charge < -0.3 is 15.0 Å². The van der Waals surface area contributed by atoms with Crippen molar-refractivity contribution in [2.75, 3.05) is 13.1 Å². The lowest BCUT2D eigenvalue weighted by Gasteiger charge is -2.34. The minimum atomic E-state index is -0.790. The smallest absolute Gasteiger partial charge is 0.326 e. The minimum absolute atomic E-state index is 0.0501. The average Bonchev–Trinajstić information content (AvgIpc) is 3.17. The van der Waals surface area contributed by atoms with Crippen molar-refractivity contribution >= 4 is 16.9 Å². The summed E-state index contributed by atoms with van der Waals surface area (Å²) in [4.78, 5) is 29.6. The molecule has 0 unspecified atom stereocenters. The van der Waals surface area contributed by atoms with Crippen LogP contribution in [-0.4, -0.2) is 44.2 Å². The molecule has 6 heteroatoms. The number of carbonyl (C=O) groups excluding carboxylic acids is 1. The van der Waals surface area contributed by atoms with Crippen LogP contribution in [0.4, 0.5) is 0 Å². The number of aliphatic hydroxyl groups is 1. The number of nitrogens with zero attached hydrogens (tertiary/aromatic N) is 2. The second-order valence-corrected chi connectivity index (χ2v) is 7.54. The zero-order chi connectivity index (χ0) is 17.4. The zero-order valence-corrected chi connectivity index (χ0v) is 14.4. The van der Waals surface area contributed by atoms with Gasteiger partial charge in [0.2, 0.25) is 5.91 Å². The fraction of sp³-hybridized carbons (Fsp3) is 0.579. The van der Waals surface area contributed by atoms with Crippen LogP contribution in [-0.2, 0) is 4.79 Å². The van der Waals surface area contributed by atoms with Crippen LogP contribution in [0.3, 0.4) is 0 Å². The van der Waals surface area contributed by atoms with E-state index in [1.807, 2.05) is 33.7 Å². The van der Waals surface area contributed by atoms with E-state index < -0.39 is 5.60 Å². The first-order chi connectivity index (χ1) is 12.1. The highest BCUT2D eigenvalue weighted by Gasteiger charge is 2.36. The number of imidazole rings is 1. The summed E-state index contributed by atoms with van der Waals surface area (Å²) in [5.74, 6) is 0.0501. The molecule has 0 spiro atoms. The Morgan fingerprint density at radius 1 is 1.20 bits per heavy atom. The standard InChI is InChI=1S/C19H25N3O3/c23-17(13-19(25)9-3-4-10-19)21-11-7-14(8-12-21)22-16-6-2-1-5-15(16)20-18(22)24/h1-2,5-6,14,25H,3-4,7-13H2,(H,20,24). The first-order valence-electron chi connectivity index (χ1n) is 9.25. The molecule has 2 fully saturated rings. The number of piperidine rings is 1. The molecule has 6 nitrogen and oxygen atoms in total. The van der Waals surface area contributed by atoms with Crippen molar-refractivity contribution in [2.24, 2.45) is 0 Å². The Hall–Kier alpha value is -2.08. The highest BCUT2D eigenvalue weighted by molar-refractivity contribution is 5.77. The van der Waals surface area contributed by atoms with E-state index in [-0.39, 0.29) is 24.1 Å². The Morgan fingerprint density at radius 3 is 2.60 bits per heavy atom. The molecule has 25 heavy (non-hydrogen) atoms. The molecule has 2 aromatic rings. The lowest BCUT2D eigenvalue weighted by atomic mass is 9.96. The molecular formula is C19H25N3O3. The van der Waals surface area contributed by atoms with Crippen molar-refractivity contribution in [1.29, 1.82) is 0 Å². The van der Waals surface area contributed by atoms with Gasteiger partial charge in [0.15, 0.2) is 0 Å². The molecule has 4 rings (SSSR count). The molecular weight excluding hydrogens is 318 g/mol. The number of rotatable bonds is 3. The Balaban J connectivity index is 1.43. The molecule has 2 heterocycles. The molecule has 0 atom stereocenters. The van der Waals surface area contributed by atoms with Crippen molar-refractivity contribution in [1.82, 2.24) is 14.5 Å². The van der Waals surface area contributed by atoms with Crippen LogP contribution >= 0.6 is 0 Å². The number of aromatic nitrogens is 2. The van der Waals surface area contributed by atoms with Gasteiger partial charge in [0.1, 0.15) is 0 Å². The summed E-state index contributed by atoms with van der Waals surface area (Å²) in [6.07, 6.45) is 5.27. The van der Waals surface area contributed by atoms with Gasteiger partial charge in [0.25, 0.3) is 0 Å². The van der Waals surface area contributed by atoms with Crippen LogP contribution in [0.25, 0.3) is 11.0 Å². The monoisotopic (exact) mass is 343 g/mol. The van der Waals surface area contributed by atoms with Gasteiger partial charge in [-0.25, -0.2) is 4.79 Å². The van der Waals surface area contributed by atoms with Gasteiger partial charge in [-0.1, -0.05) is 25.0 Å². The van der Waals surface area contributed by atoms with Gasteiger partial charge >= 0.3 is 5.69 Å². The molecule has 1 aliphatic carbocycles. The number of nitrogens with one attached hydrogen (secondary N) is 1. The van der Waals surface area contributed by atoms with Crippen molar-refractivity contribution in [3.05, 3.63) is 34.7 Å². The lowest BCUT2D eigenvalue weighted by molar-refractivity contribution is -0.137. The number of hydrogen-bond donors (Lipinski definition) is 2. The minimum Gasteiger partial charge on any atom is -0.389 e. The summed E-state index contributed by atoms with van der Waals surface area (Å²) in [6, 6.07) is 7.83. The first kappa shape index (κ1) is 16.4. The van der Waals surface area contributed by atoms with Crippen LogP contribution in [0, 0.1) is 0 Å². The van der Waals surface area contributed by atoms with E-state index in [2.05, 4.69) is 4.98 Å². The highest BCUT2D eigenvalue weighted by Crippen LogP contribution is 2.33.